The molecule has 0 radical (unpaired) electrons. The predicted octanol–water partition coefficient (Wildman–Crippen LogP) is 1.28. The van der Waals surface area contributed by atoms with Crippen LogP contribution in [0.4, 0.5) is 16.3 Å². The van der Waals surface area contributed by atoms with E-state index in [-0.39, 0.29) is 17.7 Å². The van der Waals surface area contributed by atoms with E-state index in [0.717, 1.165) is 0 Å². The van der Waals surface area contributed by atoms with Crippen molar-refractivity contribution in [2.45, 2.75) is 0 Å². The molecular formula is C9H8FN5. The molecule has 3 N–H and O–H groups in total. The minimum Gasteiger partial charge on any atom is -0.368 e. The Morgan fingerprint density at radius 3 is 2.87 bits per heavy atom. The van der Waals surface area contributed by atoms with Crippen molar-refractivity contribution >= 4 is 18.1 Å². The maximum Gasteiger partial charge on any atom is 0.269 e. The van der Waals surface area contributed by atoms with E-state index < -0.39 is 0 Å². The standard InChI is InChI=1S/C9H8FN5/c10-7-4-2-1-3-6(7)5-12-9-13-8(11)14-15-9/h1-5H,(H3,11,13,14,15)/b12-5+. The number of rotatable bonds is 2. The monoisotopic (exact) mass is 205 g/mol. The van der Waals surface area contributed by atoms with Crippen molar-refractivity contribution in [2.24, 2.45) is 4.99 Å². The first-order valence-electron chi connectivity index (χ1n) is 4.22. The number of aromatic nitrogens is 3. The van der Waals surface area contributed by atoms with E-state index in [9.17, 15) is 4.39 Å². The lowest BCUT2D eigenvalue weighted by molar-refractivity contribution is 0.626. The summed E-state index contributed by atoms with van der Waals surface area (Å²) in [5.74, 6) is 0.0104. The van der Waals surface area contributed by atoms with Crippen LogP contribution in [0.5, 0.6) is 0 Å². The Morgan fingerprint density at radius 2 is 2.20 bits per heavy atom. The largest absolute Gasteiger partial charge is 0.368 e. The van der Waals surface area contributed by atoms with E-state index in [1.807, 2.05) is 0 Å². The number of benzene rings is 1. The third kappa shape index (κ3) is 2.16. The molecule has 0 spiro atoms. The van der Waals surface area contributed by atoms with Crippen LogP contribution < -0.4 is 5.73 Å². The second kappa shape index (κ2) is 3.87. The number of anilines is 1. The Hall–Kier alpha value is -2.24. The highest BCUT2D eigenvalue weighted by Crippen LogP contribution is 2.07. The molecule has 0 fully saturated rings. The van der Waals surface area contributed by atoms with Crippen molar-refractivity contribution in [1.29, 1.82) is 0 Å². The van der Waals surface area contributed by atoms with E-state index in [0.29, 0.717) is 5.56 Å². The van der Waals surface area contributed by atoms with Crippen molar-refractivity contribution in [2.75, 3.05) is 5.73 Å². The summed E-state index contributed by atoms with van der Waals surface area (Å²) < 4.78 is 13.1. The van der Waals surface area contributed by atoms with Gasteiger partial charge in [-0.1, -0.05) is 18.2 Å². The summed E-state index contributed by atoms with van der Waals surface area (Å²) >= 11 is 0. The number of aromatic amines is 1. The molecule has 6 heteroatoms. The molecule has 0 saturated carbocycles. The van der Waals surface area contributed by atoms with E-state index in [2.05, 4.69) is 20.2 Å². The highest BCUT2D eigenvalue weighted by atomic mass is 19.1. The molecule has 0 saturated heterocycles. The summed E-state index contributed by atoms with van der Waals surface area (Å²) in [4.78, 5) is 7.61. The molecule has 0 aliphatic carbocycles. The number of H-pyrrole nitrogens is 1. The van der Waals surface area contributed by atoms with E-state index in [1.165, 1.54) is 12.3 Å². The average molecular weight is 205 g/mol. The van der Waals surface area contributed by atoms with Crippen molar-refractivity contribution < 1.29 is 4.39 Å². The first-order valence-corrected chi connectivity index (χ1v) is 4.22. The van der Waals surface area contributed by atoms with Crippen molar-refractivity contribution in [3.05, 3.63) is 35.6 Å². The fourth-order valence-electron chi connectivity index (χ4n) is 1.03. The van der Waals surface area contributed by atoms with Gasteiger partial charge in [0, 0.05) is 11.8 Å². The molecule has 0 aliphatic heterocycles. The number of nitrogens with one attached hydrogen (secondary N) is 1. The quantitative estimate of drug-likeness (QED) is 0.724. The van der Waals surface area contributed by atoms with Gasteiger partial charge < -0.3 is 5.73 Å². The van der Waals surface area contributed by atoms with Crippen LogP contribution in [0, 0.1) is 5.82 Å². The van der Waals surface area contributed by atoms with Crippen LogP contribution in [0.1, 0.15) is 5.56 Å². The van der Waals surface area contributed by atoms with Crippen molar-refractivity contribution in [3.63, 3.8) is 0 Å². The van der Waals surface area contributed by atoms with Gasteiger partial charge in [-0.15, -0.1) is 5.10 Å². The van der Waals surface area contributed by atoms with Crippen LogP contribution in [-0.4, -0.2) is 21.4 Å². The molecule has 1 aromatic heterocycles. The number of aliphatic imine (C=N–C) groups is 1. The topological polar surface area (TPSA) is 79.9 Å². The lowest BCUT2D eigenvalue weighted by Gasteiger charge is -1.92. The molecule has 0 atom stereocenters. The maximum absolute atomic E-state index is 13.1. The average Bonchev–Trinajstić information content (AvgIpc) is 2.63. The molecular weight excluding hydrogens is 197 g/mol. The first-order chi connectivity index (χ1) is 7.25. The number of halogens is 1. The summed E-state index contributed by atoms with van der Waals surface area (Å²) in [6.07, 6.45) is 1.35. The summed E-state index contributed by atoms with van der Waals surface area (Å²) in [5, 5.41) is 6.11. The van der Waals surface area contributed by atoms with E-state index in [4.69, 9.17) is 5.73 Å². The zero-order chi connectivity index (χ0) is 10.7. The van der Waals surface area contributed by atoms with Gasteiger partial charge in [0.05, 0.1) is 0 Å². The molecule has 15 heavy (non-hydrogen) atoms. The van der Waals surface area contributed by atoms with Crippen molar-refractivity contribution in [3.8, 4) is 0 Å². The Labute approximate surface area is 84.9 Å². The molecule has 0 unspecified atom stereocenters. The number of hydrogen-bond acceptors (Lipinski definition) is 4. The predicted molar refractivity (Wildman–Crippen MR) is 54.4 cm³/mol. The third-order valence-electron chi connectivity index (χ3n) is 1.72. The van der Waals surface area contributed by atoms with Gasteiger partial charge in [0.1, 0.15) is 5.82 Å². The minimum atomic E-state index is -0.343. The van der Waals surface area contributed by atoms with Gasteiger partial charge in [-0.3, -0.25) is 0 Å². The molecule has 1 aromatic carbocycles. The Morgan fingerprint density at radius 1 is 1.40 bits per heavy atom. The highest BCUT2D eigenvalue weighted by Gasteiger charge is 1.98. The van der Waals surface area contributed by atoms with Gasteiger partial charge >= 0.3 is 0 Å². The molecule has 76 valence electrons. The van der Waals surface area contributed by atoms with E-state index in [1.54, 1.807) is 18.2 Å². The molecule has 2 aromatic rings. The maximum atomic E-state index is 13.1. The van der Waals surface area contributed by atoms with Gasteiger partial charge in [0.15, 0.2) is 0 Å². The summed E-state index contributed by atoms with van der Waals surface area (Å²) in [5.41, 5.74) is 5.68. The molecule has 5 nitrogen and oxygen atoms in total. The number of nitrogens with two attached hydrogens (primary N) is 1. The number of nitrogen functional groups attached to an aromatic ring is 1. The van der Waals surface area contributed by atoms with Gasteiger partial charge in [-0.25, -0.2) is 14.5 Å². The summed E-state index contributed by atoms with van der Waals surface area (Å²) in [6, 6.07) is 6.29. The second-order valence-corrected chi connectivity index (χ2v) is 2.80. The van der Waals surface area contributed by atoms with Gasteiger partial charge in [-0.05, 0) is 6.07 Å². The molecule has 2 rings (SSSR count). The minimum absolute atomic E-state index is 0.177. The van der Waals surface area contributed by atoms with Crippen LogP contribution in [0.3, 0.4) is 0 Å². The molecule has 0 bridgehead atoms. The fourth-order valence-corrected chi connectivity index (χ4v) is 1.03. The second-order valence-electron chi connectivity index (χ2n) is 2.80. The van der Waals surface area contributed by atoms with Crippen molar-refractivity contribution in [1.82, 2.24) is 15.2 Å². The van der Waals surface area contributed by atoms with Crippen LogP contribution >= 0.6 is 0 Å². The zero-order valence-corrected chi connectivity index (χ0v) is 7.68. The highest BCUT2D eigenvalue weighted by molar-refractivity contribution is 5.81. The normalized spacial score (nSPS) is 11.0. The lowest BCUT2D eigenvalue weighted by atomic mass is 10.2. The van der Waals surface area contributed by atoms with E-state index >= 15 is 0 Å². The Balaban J connectivity index is 2.22. The van der Waals surface area contributed by atoms with Crippen LogP contribution in [-0.2, 0) is 0 Å². The number of hydrogen-bond donors (Lipinski definition) is 2. The molecule has 0 amide bonds. The van der Waals surface area contributed by atoms with Gasteiger partial charge in [-0.2, -0.15) is 4.98 Å². The SMILES string of the molecule is Nc1nc(/N=C/c2ccccc2F)n[nH]1. The first kappa shape index (κ1) is 9.32. The molecule has 0 aliphatic rings. The third-order valence-corrected chi connectivity index (χ3v) is 1.72. The fraction of sp³-hybridized carbons (Fsp3) is 0. The smallest absolute Gasteiger partial charge is 0.269 e. The zero-order valence-electron chi connectivity index (χ0n) is 7.68. The summed E-state index contributed by atoms with van der Waals surface area (Å²) in [6.45, 7) is 0. The molecule has 1 heterocycles. The lowest BCUT2D eigenvalue weighted by Crippen LogP contribution is -1.86. The van der Waals surface area contributed by atoms with Gasteiger partial charge in [0.2, 0.25) is 5.95 Å². The van der Waals surface area contributed by atoms with Gasteiger partial charge in [0.25, 0.3) is 5.95 Å². The Bertz CT molecular complexity index is 491. The van der Waals surface area contributed by atoms with Crippen LogP contribution in [0.15, 0.2) is 29.3 Å². The summed E-state index contributed by atoms with van der Waals surface area (Å²) in [7, 11) is 0. The van der Waals surface area contributed by atoms with Crippen LogP contribution in [0.25, 0.3) is 0 Å². The Kier molecular flexibility index (Phi) is 2.40. The number of nitrogens with zero attached hydrogens (tertiary/aromatic N) is 3. The van der Waals surface area contributed by atoms with Crippen LogP contribution in [0.2, 0.25) is 0 Å².